The van der Waals surface area contributed by atoms with Crippen LogP contribution >= 0.6 is 11.6 Å². The molecule has 0 aliphatic rings. The highest BCUT2D eigenvalue weighted by Crippen LogP contribution is 2.20. The number of hydrogen-bond acceptors (Lipinski definition) is 3. The second kappa shape index (κ2) is 5.29. The number of alkyl halides is 3. The third kappa shape index (κ3) is 4.54. The second-order valence-corrected chi connectivity index (χ2v) is 3.69. The fourth-order valence-electron chi connectivity index (χ4n) is 0.987. The van der Waals surface area contributed by atoms with Crippen molar-refractivity contribution in [1.82, 2.24) is 0 Å². The van der Waals surface area contributed by atoms with Gasteiger partial charge in [0.25, 0.3) is 0 Å². The zero-order valence-electron chi connectivity index (χ0n) is 8.50. The minimum atomic E-state index is -4.59. The zero-order valence-corrected chi connectivity index (χ0v) is 9.26. The van der Waals surface area contributed by atoms with Crippen LogP contribution in [0.1, 0.15) is 0 Å². The van der Waals surface area contributed by atoms with Gasteiger partial charge in [0.15, 0.2) is 5.88 Å². The molecule has 0 aliphatic heterocycles. The molecule has 0 saturated heterocycles. The lowest BCUT2D eigenvalue weighted by Crippen LogP contribution is -2.36. The van der Waals surface area contributed by atoms with Gasteiger partial charge < -0.3 is 16.2 Å². The van der Waals surface area contributed by atoms with E-state index >= 15 is 0 Å². The van der Waals surface area contributed by atoms with Gasteiger partial charge in [-0.1, -0.05) is 11.6 Å². The van der Waals surface area contributed by atoms with E-state index in [2.05, 4.69) is 5.32 Å². The van der Waals surface area contributed by atoms with Gasteiger partial charge in [-0.2, -0.15) is 13.2 Å². The summed E-state index contributed by atoms with van der Waals surface area (Å²) in [5.41, 5.74) is 5.21. The Morgan fingerprint density at radius 2 is 1.88 bits per heavy atom. The lowest BCUT2D eigenvalue weighted by molar-refractivity contribution is -0.137. The smallest absolute Gasteiger partial charge is 0.407 e. The van der Waals surface area contributed by atoms with Crippen LogP contribution < -0.4 is 11.1 Å². The molecule has 0 aromatic heterocycles. The van der Waals surface area contributed by atoms with Crippen LogP contribution in [0.2, 0.25) is 5.02 Å². The maximum absolute atomic E-state index is 12.1. The number of anilines is 1. The van der Waals surface area contributed by atoms with Crippen molar-refractivity contribution in [1.29, 1.82) is 0 Å². The zero-order chi connectivity index (χ0) is 13.1. The molecule has 0 radical (unpaired) electrons. The van der Waals surface area contributed by atoms with Crippen LogP contribution in [0.15, 0.2) is 36.2 Å². The van der Waals surface area contributed by atoms with E-state index < -0.39 is 18.1 Å². The Bertz CT molecular complexity index is 403. The molecule has 0 spiro atoms. The third-order valence-electron chi connectivity index (χ3n) is 1.83. The van der Waals surface area contributed by atoms with Crippen molar-refractivity contribution < 1.29 is 18.3 Å². The molecule has 4 N–H and O–H groups in total. The fraction of sp³-hybridized carbons (Fsp3) is 0.200. The Morgan fingerprint density at radius 3 is 2.35 bits per heavy atom. The average molecular weight is 267 g/mol. The van der Waals surface area contributed by atoms with Crippen molar-refractivity contribution >= 4 is 17.3 Å². The fourth-order valence-corrected chi connectivity index (χ4v) is 1.11. The summed E-state index contributed by atoms with van der Waals surface area (Å²) in [6.45, 7) is 0. The van der Waals surface area contributed by atoms with Crippen LogP contribution in [0.25, 0.3) is 0 Å². The quantitative estimate of drug-likeness (QED) is 0.737. The second-order valence-electron chi connectivity index (χ2n) is 3.25. The van der Waals surface area contributed by atoms with Crippen molar-refractivity contribution in [2.24, 2.45) is 5.73 Å². The summed E-state index contributed by atoms with van der Waals surface area (Å²) in [5.74, 6) is -0.669. The lowest BCUT2D eigenvalue weighted by Gasteiger charge is -2.12. The van der Waals surface area contributed by atoms with E-state index in [1.54, 1.807) is 0 Å². The van der Waals surface area contributed by atoms with Gasteiger partial charge in [0, 0.05) is 16.8 Å². The van der Waals surface area contributed by atoms with E-state index in [0.717, 1.165) is 0 Å². The number of nitrogens with one attached hydrogen (secondary N) is 1. The summed E-state index contributed by atoms with van der Waals surface area (Å²) in [6, 6.07) is 3.85. The monoisotopic (exact) mass is 266 g/mol. The van der Waals surface area contributed by atoms with Crippen molar-refractivity contribution in [2.45, 2.75) is 12.2 Å². The maximum Gasteiger partial charge on any atom is 0.407 e. The van der Waals surface area contributed by atoms with E-state index in [4.69, 9.17) is 17.3 Å². The standard InChI is InChI=1S/C10H10ClF3N2O/c11-6-1-3-7(4-2-6)16-9(17)5-8(15)10(12,13)14/h1-5,8,16-17H,15H2/b9-5+. The predicted octanol–water partition coefficient (Wildman–Crippen LogP) is 3.04. The number of benzene rings is 1. The average Bonchev–Trinajstić information content (AvgIpc) is 2.20. The SMILES string of the molecule is NC(/C=C(/O)Nc1ccc(Cl)cc1)C(F)(F)F. The van der Waals surface area contributed by atoms with Crippen molar-refractivity contribution in [3.63, 3.8) is 0 Å². The molecule has 0 bridgehead atoms. The van der Waals surface area contributed by atoms with Crippen molar-refractivity contribution in [3.8, 4) is 0 Å². The molecule has 1 unspecified atom stereocenters. The molecule has 0 fully saturated rings. The normalized spacial score (nSPS) is 14.5. The minimum Gasteiger partial charge on any atom is -0.495 e. The molecule has 0 saturated carbocycles. The lowest BCUT2D eigenvalue weighted by atomic mass is 10.3. The van der Waals surface area contributed by atoms with E-state index in [1.165, 1.54) is 24.3 Å². The molecule has 0 amide bonds. The summed E-state index contributed by atoms with van der Waals surface area (Å²) < 4.78 is 36.2. The summed E-state index contributed by atoms with van der Waals surface area (Å²) >= 11 is 5.62. The molecule has 0 aliphatic carbocycles. The van der Waals surface area contributed by atoms with Crippen LogP contribution in [-0.4, -0.2) is 17.3 Å². The Labute approximate surface area is 101 Å². The van der Waals surface area contributed by atoms with E-state index in [1.807, 2.05) is 0 Å². The molecule has 7 heteroatoms. The summed E-state index contributed by atoms with van der Waals surface area (Å²) in [4.78, 5) is 0. The Balaban J connectivity index is 2.69. The molecule has 1 aromatic carbocycles. The third-order valence-corrected chi connectivity index (χ3v) is 2.08. The van der Waals surface area contributed by atoms with Crippen LogP contribution in [-0.2, 0) is 0 Å². The molecule has 1 aromatic rings. The van der Waals surface area contributed by atoms with Crippen LogP contribution in [0, 0.1) is 0 Å². The first kappa shape index (κ1) is 13.7. The summed E-state index contributed by atoms with van der Waals surface area (Å²) in [5, 5.41) is 12.1. The number of halogens is 4. The first-order valence-corrected chi connectivity index (χ1v) is 4.92. The van der Waals surface area contributed by atoms with E-state index in [-0.39, 0.29) is 0 Å². The van der Waals surface area contributed by atoms with Gasteiger partial charge in [-0.3, -0.25) is 0 Å². The van der Waals surface area contributed by atoms with Crippen LogP contribution in [0.5, 0.6) is 0 Å². The van der Waals surface area contributed by atoms with Gasteiger partial charge in [-0.25, -0.2) is 0 Å². The molecule has 1 atom stereocenters. The number of hydrogen-bond donors (Lipinski definition) is 3. The first-order chi connectivity index (χ1) is 7.79. The first-order valence-electron chi connectivity index (χ1n) is 4.54. The largest absolute Gasteiger partial charge is 0.495 e. The Morgan fingerprint density at radius 1 is 1.35 bits per heavy atom. The number of rotatable bonds is 3. The number of aliphatic hydroxyl groups excluding tert-OH is 1. The van der Waals surface area contributed by atoms with Gasteiger partial charge in [0.05, 0.1) is 0 Å². The van der Waals surface area contributed by atoms with E-state index in [9.17, 15) is 18.3 Å². The molecule has 3 nitrogen and oxygen atoms in total. The van der Waals surface area contributed by atoms with Crippen LogP contribution in [0.4, 0.5) is 18.9 Å². The highest BCUT2D eigenvalue weighted by atomic mass is 35.5. The van der Waals surface area contributed by atoms with Gasteiger partial charge >= 0.3 is 6.18 Å². The Kier molecular flexibility index (Phi) is 4.25. The number of aliphatic hydroxyl groups is 1. The molecule has 0 heterocycles. The number of nitrogens with two attached hydrogens (primary N) is 1. The summed E-state index contributed by atoms with van der Waals surface area (Å²) in [7, 11) is 0. The van der Waals surface area contributed by atoms with Crippen molar-refractivity contribution in [3.05, 3.63) is 41.2 Å². The predicted molar refractivity (Wildman–Crippen MR) is 59.8 cm³/mol. The maximum atomic E-state index is 12.1. The molecular formula is C10H10ClF3N2O. The molecular weight excluding hydrogens is 257 g/mol. The van der Waals surface area contributed by atoms with Crippen molar-refractivity contribution in [2.75, 3.05) is 5.32 Å². The van der Waals surface area contributed by atoms with Gasteiger partial charge in [0.2, 0.25) is 0 Å². The van der Waals surface area contributed by atoms with Crippen LogP contribution in [0.3, 0.4) is 0 Å². The molecule has 1 rings (SSSR count). The topological polar surface area (TPSA) is 58.3 Å². The Hall–Kier alpha value is -1.40. The molecule has 94 valence electrons. The highest BCUT2D eigenvalue weighted by Gasteiger charge is 2.35. The minimum absolute atomic E-state index is 0.400. The van der Waals surface area contributed by atoms with Gasteiger partial charge in [-0.15, -0.1) is 0 Å². The van der Waals surface area contributed by atoms with Gasteiger partial charge in [0.1, 0.15) is 6.04 Å². The van der Waals surface area contributed by atoms with Gasteiger partial charge in [-0.05, 0) is 24.3 Å². The summed E-state index contributed by atoms with van der Waals surface area (Å²) in [6.07, 6.45) is -4.11. The van der Waals surface area contributed by atoms with E-state index in [0.29, 0.717) is 16.8 Å². The highest BCUT2D eigenvalue weighted by molar-refractivity contribution is 6.30. The molecule has 17 heavy (non-hydrogen) atoms.